The smallest absolute Gasteiger partial charge is 0.211 e. The first-order chi connectivity index (χ1) is 14.6. The van der Waals surface area contributed by atoms with Gasteiger partial charge in [0.1, 0.15) is 5.82 Å². The summed E-state index contributed by atoms with van der Waals surface area (Å²) in [5.74, 6) is -0.293. The SMILES string of the molecule is CC(=Nn1c(-c2ccc(F)cc2)csc1=Nc1cccnc1)c1ccc(C#N)cc1. The number of nitrogens with zero attached hydrogens (tertiary/aromatic N) is 5. The zero-order chi connectivity index (χ0) is 20.9. The molecular weight excluding hydrogens is 397 g/mol. The Morgan fingerprint density at radius 2 is 1.87 bits per heavy atom. The monoisotopic (exact) mass is 413 g/mol. The van der Waals surface area contributed by atoms with Gasteiger partial charge in [-0.05, 0) is 61.0 Å². The van der Waals surface area contributed by atoms with Crippen molar-refractivity contribution in [3.8, 4) is 17.3 Å². The predicted octanol–water partition coefficient (Wildman–Crippen LogP) is 5.13. The van der Waals surface area contributed by atoms with Gasteiger partial charge >= 0.3 is 0 Å². The third kappa shape index (κ3) is 4.24. The van der Waals surface area contributed by atoms with Gasteiger partial charge in [0.2, 0.25) is 4.80 Å². The Bertz CT molecular complexity index is 1290. The second-order valence-electron chi connectivity index (χ2n) is 6.42. The molecule has 5 nitrogen and oxygen atoms in total. The summed E-state index contributed by atoms with van der Waals surface area (Å²) >= 11 is 1.44. The van der Waals surface area contributed by atoms with E-state index in [1.54, 1.807) is 41.3 Å². The van der Waals surface area contributed by atoms with E-state index in [9.17, 15) is 4.39 Å². The molecule has 0 radical (unpaired) electrons. The molecule has 0 saturated heterocycles. The number of nitriles is 1. The van der Waals surface area contributed by atoms with E-state index in [1.165, 1.54) is 23.5 Å². The maximum absolute atomic E-state index is 13.4. The first kappa shape index (κ1) is 19.4. The number of rotatable bonds is 4. The van der Waals surface area contributed by atoms with Crippen molar-refractivity contribution in [2.45, 2.75) is 6.92 Å². The molecule has 0 spiro atoms. The largest absolute Gasteiger partial charge is 0.262 e. The highest BCUT2D eigenvalue weighted by Crippen LogP contribution is 2.21. The van der Waals surface area contributed by atoms with E-state index < -0.39 is 0 Å². The molecule has 146 valence electrons. The summed E-state index contributed by atoms with van der Waals surface area (Å²) in [5, 5.41) is 15.7. The van der Waals surface area contributed by atoms with Crippen molar-refractivity contribution in [2.24, 2.45) is 10.1 Å². The van der Waals surface area contributed by atoms with Gasteiger partial charge in [0, 0.05) is 17.1 Å². The zero-order valence-electron chi connectivity index (χ0n) is 16.0. The van der Waals surface area contributed by atoms with Crippen molar-refractivity contribution >= 4 is 22.7 Å². The fourth-order valence-electron chi connectivity index (χ4n) is 2.82. The Kier molecular flexibility index (Phi) is 5.59. The van der Waals surface area contributed by atoms with E-state index in [1.807, 2.05) is 36.6 Å². The van der Waals surface area contributed by atoms with Gasteiger partial charge in [0.25, 0.3) is 0 Å². The van der Waals surface area contributed by atoms with Crippen LogP contribution in [0.2, 0.25) is 0 Å². The minimum atomic E-state index is -0.293. The number of pyridine rings is 1. The molecule has 0 N–H and O–H groups in total. The summed E-state index contributed by atoms with van der Waals surface area (Å²) in [6, 6.07) is 19.3. The lowest BCUT2D eigenvalue weighted by atomic mass is 10.1. The van der Waals surface area contributed by atoms with Crippen LogP contribution in [0.1, 0.15) is 18.1 Å². The van der Waals surface area contributed by atoms with Crippen molar-refractivity contribution in [3.63, 3.8) is 0 Å². The Balaban J connectivity index is 1.86. The molecule has 0 bridgehead atoms. The van der Waals surface area contributed by atoms with E-state index in [4.69, 9.17) is 10.4 Å². The zero-order valence-corrected chi connectivity index (χ0v) is 16.8. The van der Waals surface area contributed by atoms with Crippen molar-refractivity contribution < 1.29 is 4.39 Å². The van der Waals surface area contributed by atoms with Crippen LogP contribution in [0.15, 0.2) is 88.5 Å². The van der Waals surface area contributed by atoms with Gasteiger partial charge < -0.3 is 0 Å². The van der Waals surface area contributed by atoms with E-state index in [0.717, 1.165) is 22.5 Å². The molecule has 0 aliphatic carbocycles. The highest BCUT2D eigenvalue weighted by molar-refractivity contribution is 7.07. The Morgan fingerprint density at radius 1 is 1.10 bits per heavy atom. The molecule has 2 aromatic heterocycles. The molecular formula is C23H16FN5S. The molecule has 2 heterocycles. The molecule has 0 fully saturated rings. The fourth-order valence-corrected chi connectivity index (χ4v) is 3.67. The van der Waals surface area contributed by atoms with Crippen LogP contribution >= 0.6 is 11.3 Å². The average Bonchev–Trinajstić information content (AvgIpc) is 3.17. The van der Waals surface area contributed by atoms with Crippen LogP contribution in [0.4, 0.5) is 10.1 Å². The van der Waals surface area contributed by atoms with Gasteiger partial charge in [-0.15, -0.1) is 11.3 Å². The maximum Gasteiger partial charge on any atom is 0.211 e. The predicted molar refractivity (Wildman–Crippen MR) is 116 cm³/mol. The van der Waals surface area contributed by atoms with Gasteiger partial charge in [-0.3, -0.25) is 4.98 Å². The highest BCUT2D eigenvalue weighted by atomic mass is 32.1. The van der Waals surface area contributed by atoms with Gasteiger partial charge in [-0.25, -0.2) is 14.1 Å². The molecule has 0 atom stereocenters. The molecule has 4 rings (SSSR count). The standard InChI is InChI=1S/C23H16FN5S/c1-16(18-6-4-17(13-25)5-7-18)28-29-22(19-8-10-20(24)11-9-19)15-30-23(29)27-21-3-2-12-26-14-21/h2-12,14-15H,1H3. The molecule has 0 aliphatic rings. The first-order valence-corrected chi connectivity index (χ1v) is 9.99. The van der Waals surface area contributed by atoms with Gasteiger partial charge in [-0.1, -0.05) is 12.1 Å². The summed E-state index contributed by atoms with van der Waals surface area (Å²) in [6.45, 7) is 1.90. The maximum atomic E-state index is 13.4. The summed E-state index contributed by atoms with van der Waals surface area (Å²) in [6.07, 6.45) is 3.37. The summed E-state index contributed by atoms with van der Waals surface area (Å²) < 4.78 is 15.2. The number of thiazole rings is 1. The van der Waals surface area contributed by atoms with Crippen molar-refractivity contribution in [3.05, 3.63) is 100 Å². The molecule has 0 saturated carbocycles. The second-order valence-corrected chi connectivity index (χ2v) is 7.26. The van der Waals surface area contributed by atoms with E-state index in [-0.39, 0.29) is 5.82 Å². The van der Waals surface area contributed by atoms with Crippen molar-refractivity contribution in [1.82, 2.24) is 9.66 Å². The van der Waals surface area contributed by atoms with E-state index in [2.05, 4.69) is 16.0 Å². The quantitative estimate of drug-likeness (QED) is 0.436. The lowest BCUT2D eigenvalue weighted by Crippen LogP contribution is -2.13. The second kappa shape index (κ2) is 8.64. The molecule has 0 aliphatic heterocycles. The summed E-state index contributed by atoms with van der Waals surface area (Å²) in [5.41, 5.74) is 4.59. The Hall–Kier alpha value is -3.89. The lowest BCUT2D eigenvalue weighted by Gasteiger charge is -2.07. The number of aromatic nitrogens is 2. The molecule has 0 amide bonds. The third-order valence-electron chi connectivity index (χ3n) is 4.38. The van der Waals surface area contributed by atoms with Crippen LogP contribution in [0, 0.1) is 17.1 Å². The third-order valence-corrected chi connectivity index (χ3v) is 5.19. The summed E-state index contributed by atoms with van der Waals surface area (Å²) in [7, 11) is 0. The van der Waals surface area contributed by atoms with E-state index in [0.29, 0.717) is 16.1 Å². The molecule has 7 heteroatoms. The Labute approximate surface area is 176 Å². The molecule has 4 aromatic rings. The van der Waals surface area contributed by atoms with Crippen LogP contribution in [0.25, 0.3) is 11.3 Å². The lowest BCUT2D eigenvalue weighted by molar-refractivity contribution is 0.628. The highest BCUT2D eigenvalue weighted by Gasteiger charge is 2.09. The average molecular weight is 413 g/mol. The number of halogens is 1. The molecule has 0 unspecified atom stereocenters. The minimum Gasteiger partial charge on any atom is -0.262 e. The van der Waals surface area contributed by atoms with Crippen LogP contribution in [0.5, 0.6) is 0 Å². The van der Waals surface area contributed by atoms with Crippen molar-refractivity contribution in [2.75, 3.05) is 0 Å². The minimum absolute atomic E-state index is 0.293. The van der Waals surface area contributed by atoms with Gasteiger partial charge in [-0.2, -0.15) is 10.4 Å². The summed E-state index contributed by atoms with van der Waals surface area (Å²) in [4.78, 5) is 9.44. The number of hydrogen-bond donors (Lipinski definition) is 0. The van der Waals surface area contributed by atoms with E-state index >= 15 is 0 Å². The topological polar surface area (TPSA) is 66.3 Å². The molecule has 30 heavy (non-hydrogen) atoms. The van der Waals surface area contributed by atoms with Crippen molar-refractivity contribution in [1.29, 1.82) is 5.26 Å². The van der Waals surface area contributed by atoms with Crippen LogP contribution in [-0.4, -0.2) is 15.4 Å². The first-order valence-electron chi connectivity index (χ1n) is 9.11. The van der Waals surface area contributed by atoms with Gasteiger partial charge in [0.15, 0.2) is 0 Å². The Morgan fingerprint density at radius 3 is 2.53 bits per heavy atom. The van der Waals surface area contributed by atoms with Gasteiger partial charge in [0.05, 0.1) is 34.9 Å². The molecule has 2 aromatic carbocycles. The van der Waals surface area contributed by atoms with Crippen LogP contribution in [0.3, 0.4) is 0 Å². The number of hydrogen-bond acceptors (Lipinski definition) is 5. The fraction of sp³-hybridized carbons (Fsp3) is 0.0435. The van der Waals surface area contributed by atoms with Crippen LogP contribution in [-0.2, 0) is 0 Å². The normalized spacial score (nSPS) is 12.0. The number of benzene rings is 2. The van der Waals surface area contributed by atoms with Crippen LogP contribution < -0.4 is 4.80 Å².